The second kappa shape index (κ2) is 42.3. The van der Waals surface area contributed by atoms with E-state index in [9.17, 15) is 34.4 Å². The molecule has 0 fully saturated rings. The summed E-state index contributed by atoms with van der Waals surface area (Å²) in [6.45, 7) is 4.31. The van der Waals surface area contributed by atoms with Crippen molar-refractivity contribution in [3.05, 3.63) is 72.9 Å². The van der Waals surface area contributed by atoms with Crippen molar-refractivity contribution < 1.29 is 58.0 Å². The molecule has 0 heterocycles. The average Bonchev–Trinajstić information content (AvgIpc) is 3.24. The molecule has 62 heavy (non-hydrogen) atoms. The molecular formula is C49H85O12P. The van der Waals surface area contributed by atoms with E-state index in [-0.39, 0.29) is 19.4 Å². The summed E-state index contributed by atoms with van der Waals surface area (Å²) in [7, 11) is -4.68. The number of carbonyl (C=O) groups excluding carboxylic acids is 2. The summed E-state index contributed by atoms with van der Waals surface area (Å²) in [5, 5.41) is 38.4. The van der Waals surface area contributed by atoms with Crippen LogP contribution >= 0.6 is 7.82 Å². The van der Waals surface area contributed by atoms with Crippen molar-refractivity contribution in [2.24, 2.45) is 5.92 Å². The first-order valence-electron chi connectivity index (χ1n) is 23.5. The Bertz CT molecular complexity index is 1310. The summed E-state index contributed by atoms with van der Waals surface area (Å²) in [4.78, 5) is 35.1. The molecule has 0 aliphatic rings. The second-order valence-electron chi connectivity index (χ2n) is 16.3. The van der Waals surface area contributed by atoms with Gasteiger partial charge in [-0.1, -0.05) is 190 Å². The molecule has 0 spiro atoms. The van der Waals surface area contributed by atoms with Gasteiger partial charge in [0.05, 0.1) is 32.0 Å². The van der Waals surface area contributed by atoms with Gasteiger partial charge >= 0.3 is 19.8 Å². The summed E-state index contributed by atoms with van der Waals surface area (Å²) in [6.07, 6.45) is 40.9. The van der Waals surface area contributed by atoms with Crippen molar-refractivity contribution in [3.63, 3.8) is 0 Å². The van der Waals surface area contributed by atoms with Gasteiger partial charge in [0.2, 0.25) is 0 Å². The number of unbranched alkanes of at least 4 members (excludes halogenated alkanes) is 15. The minimum Gasteiger partial charge on any atom is -0.462 e. The Hall–Kier alpha value is -2.67. The fourth-order valence-electron chi connectivity index (χ4n) is 6.09. The average molecular weight is 897 g/mol. The highest BCUT2D eigenvalue weighted by Crippen LogP contribution is 2.43. The molecule has 5 N–H and O–H groups in total. The lowest BCUT2D eigenvalue weighted by molar-refractivity contribution is -0.161. The van der Waals surface area contributed by atoms with E-state index >= 15 is 0 Å². The molecule has 0 aliphatic carbocycles. The summed E-state index contributed by atoms with van der Waals surface area (Å²) >= 11 is 0. The standard InChI is InChI=1S/C49H85O12P/c1-4-5-25-33-44(51)34-27-21-17-15-18-22-28-35-45(52)36-29-24-31-38-49(55)61-47(42-60-62(56,57)59-40-46(53)39-50)41-58-48(54)37-30-23-19-14-12-10-8-6-7-9-11-13-16-20-26-32-43(2)3/h5,17-18,21-22,25,27-29,34-36,43-47,50-53H,4,6-16,19-20,23-24,26,30-33,37-42H2,1-3H3,(H,56,57)/b21-17-,22-18-,25-5-,34-27+,35-28+,36-29-/t44-,45-,46-,47+/m0/s1. The van der Waals surface area contributed by atoms with Gasteiger partial charge < -0.3 is 34.8 Å². The van der Waals surface area contributed by atoms with Crippen LogP contribution in [0.1, 0.15) is 168 Å². The number of aliphatic hydroxyl groups is 4. The van der Waals surface area contributed by atoms with E-state index in [0.717, 1.165) is 31.6 Å². The van der Waals surface area contributed by atoms with Gasteiger partial charge in [-0.3, -0.25) is 18.6 Å². The summed E-state index contributed by atoms with van der Waals surface area (Å²) < 4.78 is 32.6. The number of esters is 2. The Morgan fingerprint density at radius 2 is 1.16 bits per heavy atom. The summed E-state index contributed by atoms with van der Waals surface area (Å²) in [5.41, 5.74) is 0. The van der Waals surface area contributed by atoms with Crippen LogP contribution in [0.2, 0.25) is 0 Å². The Balaban J connectivity index is 4.49. The van der Waals surface area contributed by atoms with Gasteiger partial charge in [0.15, 0.2) is 6.10 Å². The maximum absolute atomic E-state index is 12.6. The number of hydrogen-bond donors (Lipinski definition) is 5. The molecule has 12 nitrogen and oxygen atoms in total. The Morgan fingerprint density at radius 3 is 1.74 bits per heavy atom. The van der Waals surface area contributed by atoms with E-state index < -0.39 is 64.0 Å². The van der Waals surface area contributed by atoms with Gasteiger partial charge in [-0.25, -0.2) is 4.57 Å². The number of phosphoric acid groups is 1. The van der Waals surface area contributed by atoms with Crippen LogP contribution in [-0.2, 0) is 32.7 Å². The molecule has 1 unspecified atom stereocenters. The number of allylic oxidation sites excluding steroid dienone is 8. The van der Waals surface area contributed by atoms with Crippen LogP contribution in [0.25, 0.3) is 0 Å². The lowest BCUT2D eigenvalue weighted by Gasteiger charge is -2.20. The zero-order chi connectivity index (χ0) is 45.9. The third kappa shape index (κ3) is 42.6. The molecule has 13 heteroatoms. The molecular weight excluding hydrogens is 812 g/mol. The number of rotatable bonds is 42. The molecule has 0 aromatic carbocycles. The molecule has 0 aromatic heterocycles. The third-order valence-electron chi connectivity index (χ3n) is 9.73. The molecule has 0 amide bonds. The SMILES string of the molecule is CC/C=C\C[C@H](O)/C=C/C=C\C/C=C\C=C\[C@H](O)/C=C\CCCC(=O)O[C@H](COC(=O)CCCCCCCCCCCCCCCCCC(C)C)COP(=O)(O)OC[C@@H](O)CO. The fraction of sp³-hybridized carbons (Fsp3) is 0.714. The van der Waals surface area contributed by atoms with E-state index in [1.54, 1.807) is 30.4 Å². The molecule has 5 atom stereocenters. The van der Waals surface area contributed by atoms with E-state index in [0.29, 0.717) is 32.1 Å². The number of carbonyl (C=O) groups is 2. The predicted molar refractivity (Wildman–Crippen MR) is 249 cm³/mol. The van der Waals surface area contributed by atoms with E-state index in [1.807, 2.05) is 49.5 Å². The number of aliphatic hydroxyl groups excluding tert-OH is 4. The van der Waals surface area contributed by atoms with Crippen LogP contribution in [0.5, 0.6) is 0 Å². The van der Waals surface area contributed by atoms with Crippen LogP contribution in [0.3, 0.4) is 0 Å². The monoisotopic (exact) mass is 897 g/mol. The number of phosphoric ester groups is 1. The second-order valence-corrected chi connectivity index (χ2v) is 17.7. The van der Waals surface area contributed by atoms with Gasteiger partial charge in [0, 0.05) is 12.8 Å². The van der Waals surface area contributed by atoms with Gasteiger partial charge in [0.25, 0.3) is 0 Å². The first-order chi connectivity index (χ1) is 29.9. The van der Waals surface area contributed by atoms with Crippen LogP contribution in [0, 0.1) is 5.92 Å². The maximum Gasteiger partial charge on any atom is 0.472 e. The molecule has 0 bridgehead atoms. The summed E-state index contributed by atoms with van der Waals surface area (Å²) in [6, 6.07) is 0. The topological polar surface area (TPSA) is 189 Å². The fourth-order valence-corrected chi connectivity index (χ4v) is 6.88. The Morgan fingerprint density at radius 1 is 0.613 bits per heavy atom. The van der Waals surface area contributed by atoms with Crippen molar-refractivity contribution in [1.29, 1.82) is 0 Å². The van der Waals surface area contributed by atoms with Gasteiger partial charge in [-0.2, -0.15) is 0 Å². The molecule has 358 valence electrons. The normalized spacial score (nSPS) is 15.5. The van der Waals surface area contributed by atoms with Crippen molar-refractivity contribution in [1.82, 2.24) is 0 Å². The van der Waals surface area contributed by atoms with Gasteiger partial charge in [-0.15, -0.1) is 0 Å². The third-order valence-corrected chi connectivity index (χ3v) is 10.7. The van der Waals surface area contributed by atoms with Crippen LogP contribution < -0.4 is 0 Å². The highest BCUT2D eigenvalue weighted by atomic mass is 31.2. The molecule has 0 saturated heterocycles. The molecule has 0 rings (SSSR count). The quantitative estimate of drug-likeness (QED) is 0.0128. The molecule has 0 aliphatic heterocycles. The Kier molecular flexibility index (Phi) is 40.5. The van der Waals surface area contributed by atoms with E-state index in [1.165, 1.54) is 77.0 Å². The smallest absolute Gasteiger partial charge is 0.462 e. The van der Waals surface area contributed by atoms with Crippen molar-refractivity contribution >= 4 is 19.8 Å². The lowest BCUT2D eigenvalue weighted by Crippen LogP contribution is -2.29. The van der Waals surface area contributed by atoms with Crippen molar-refractivity contribution in [2.45, 2.75) is 193 Å². The maximum atomic E-state index is 12.6. The minimum atomic E-state index is -4.68. The number of ether oxygens (including phenoxy) is 2. The zero-order valence-corrected chi connectivity index (χ0v) is 39.3. The highest BCUT2D eigenvalue weighted by molar-refractivity contribution is 7.47. The molecule has 0 saturated carbocycles. The van der Waals surface area contributed by atoms with Gasteiger partial charge in [0.1, 0.15) is 12.7 Å². The van der Waals surface area contributed by atoms with Crippen molar-refractivity contribution in [3.8, 4) is 0 Å². The van der Waals surface area contributed by atoms with Crippen LogP contribution in [0.4, 0.5) is 0 Å². The lowest BCUT2D eigenvalue weighted by atomic mass is 10.0. The summed E-state index contributed by atoms with van der Waals surface area (Å²) in [5.74, 6) is -0.290. The van der Waals surface area contributed by atoms with Crippen LogP contribution in [-0.4, -0.2) is 88.1 Å². The zero-order valence-electron chi connectivity index (χ0n) is 38.4. The van der Waals surface area contributed by atoms with Gasteiger partial charge in [-0.05, 0) is 44.4 Å². The first-order valence-corrected chi connectivity index (χ1v) is 25.0. The predicted octanol–water partition coefficient (Wildman–Crippen LogP) is 10.6. The molecule has 0 aromatic rings. The Labute approximate surface area is 374 Å². The largest absolute Gasteiger partial charge is 0.472 e. The van der Waals surface area contributed by atoms with Crippen LogP contribution in [0.15, 0.2) is 72.9 Å². The number of hydrogen-bond acceptors (Lipinski definition) is 11. The highest BCUT2D eigenvalue weighted by Gasteiger charge is 2.27. The van der Waals surface area contributed by atoms with E-state index in [2.05, 4.69) is 18.4 Å². The van der Waals surface area contributed by atoms with E-state index in [4.69, 9.17) is 19.1 Å². The molecule has 0 radical (unpaired) electrons. The first kappa shape index (κ1) is 59.3. The van der Waals surface area contributed by atoms with Crippen molar-refractivity contribution in [2.75, 3.05) is 26.4 Å². The minimum absolute atomic E-state index is 0.00418.